The first-order chi connectivity index (χ1) is 10.6. The Bertz CT molecular complexity index is 622. The highest BCUT2D eigenvalue weighted by Gasteiger charge is 2.19. The van der Waals surface area contributed by atoms with Gasteiger partial charge in [-0.05, 0) is 49.6 Å². The Morgan fingerprint density at radius 1 is 1.23 bits per heavy atom. The van der Waals surface area contributed by atoms with Gasteiger partial charge in [0.25, 0.3) is 5.91 Å². The first-order valence-electron chi connectivity index (χ1n) is 6.88. The number of anilines is 1. The molecule has 2 rings (SSSR count). The predicted molar refractivity (Wildman–Crippen MR) is 85.4 cm³/mol. The zero-order valence-electron chi connectivity index (χ0n) is 12.4. The van der Waals surface area contributed by atoms with Gasteiger partial charge in [0, 0.05) is 5.69 Å². The number of carbonyl (C=O) groups is 2. The summed E-state index contributed by atoms with van der Waals surface area (Å²) in [5.41, 5.74) is 0.618. The molecule has 116 valence electrons. The van der Waals surface area contributed by atoms with E-state index in [4.69, 9.17) is 9.47 Å². The number of carbonyl (C=O) groups excluding carboxylic acids is 2. The van der Waals surface area contributed by atoms with Crippen LogP contribution in [0.4, 0.5) is 5.69 Å². The van der Waals surface area contributed by atoms with Crippen LogP contribution in [0.3, 0.4) is 0 Å². The molecule has 6 heteroatoms. The van der Waals surface area contributed by atoms with Crippen molar-refractivity contribution in [2.24, 2.45) is 0 Å². The third-order valence-corrected chi connectivity index (χ3v) is 3.66. The van der Waals surface area contributed by atoms with E-state index in [2.05, 4.69) is 5.32 Å². The fourth-order valence-electron chi connectivity index (χ4n) is 1.71. The molecular formula is C16H17NO4S. The van der Waals surface area contributed by atoms with Crippen LogP contribution in [0, 0.1) is 0 Å². The van der Waals surface area contributed by atoms with Crippen LogP contribution in [0.2, 0.25) is 0 Å². The molecule has 1 N–H and O–H groups in total. The van der Waals surface area contributed by atoms with E-state index < -0.39 is 12.1 Å². The Morgan fingerprint density at radius 3 is 2.55 bits per heavy atom. The molecule has 1 aromatic carbocycles. The van der Waals surface area contributed by atoms with Gasteiger partial charge in [0.2, 0.25) is 0 Å². The smallest absolute Gasteiger partial charge is 0.349 e. The summed E-state index contributed by atoms with van der Waals surface area (Å²) in [4.78, 5) is 24.3. The normalized spacial score (nSPS) is 11.5. The Hall–Kier alpha value is -2.34. The molecule has 2 aromatic rings. The van der Waals surface area contributed by atoms with Crippen molar-refractivity contribution >= 4 is 28.9 Å². The summed E-state index contributed by atoms with van der Waals surface area (Å²) in [6, 6.07) is 10.4. The standard InChI is InChI=1S/C16H17NO4S/c1-3-20-13-8-6-12(7-9-13)17-15(18)11(2)21-16(19)14-5-4-10-22-14/h4-11H,3H2,1-2H3,(H,17,18)/t11-/m1/s1. The quantitative estimate of drug-likeness (QED) is 0.830. The Balaban J connectivity index is 1.89. The van der Waals surface area contributed by atoms with Crippen molar-refractivity contribution in [3.8, 4) is 5.75 Å². The maximum absolute atomic E-state index is 12.0. The molecule has 22 heavy (non-hydrogen) atoms. The molecule has 0 spiro atoms. The average molecular weight is 319 g/mol. The number of benzene rings is 1. The van der Waals surface area contributed by atoms with Gasteiger partial charge in [0.05, 0.1) is 6.61 Å². The van der Waals surface area contributed by atoms with Gasteiger partial charge in [-0.2, -0.15) is 0 Å². The van der Waals surface area contributed by atoms with E-state index in [0.717, 1.165) is 5.75 Å². The first kappa shape index (κ1) is 16.0. The van der Waals surface area contributed by atoms with E-state index in [9.17, 15) is 9.59 Å². The molecular weight excluding hydrogens is 302 g/mol. The fraction of sp³-hybridized carbons (Fsp3) is 0.250. The SMILES string of the molecule is CCOc1ccc(NC(=O)[C@@H](C)OC(=O)c2cccs2)cc1. The van der Waals surface area contributed by atoms with E-state index in [1.807, 2.05) is 6.92 Å². The Labute approximate surface area is 132 Å². The lowest BCUT2D eigenvalue weighted by Gasteiger charge is -2.13. The number of ether oxygens (including phenoxy) is 2. The molecule has 5 nitrogen and oxygen atoms in total. The van der Waals surface area contributed by atoms with Crippen LogP contribution >= 0.6 is 11.3 Å². The van der Waals surface area contributed by atoms with Crippen molar-refractivity contribution in [1.29, 1.82) is 0 Å². The molecule has 0 aliphatic carbocycles. The molecule has 1 amide bonds. The van der Waals surface area contributed by atoms with Crippen molar-refractivity contribution in [3.63, 3.8) is 0 Å². The average Bonchev–Trinajstić information content (AvgIpc) is 3.04. The number of hydrogen-bond donors (Lipinski definition) is 1. The molecule has 0 bridgehead atoms. The maximum Gasteiger partial charge on any atom is 0.349 e. The summed E-state index contributed by atoms with van der Waals surface area (Å²) >= 11 is 1.27. The lowest BCUT2D eigenvalue weighted by atomic mass is 10.3. The highest BCUT2D eigenvalue weighted by atomic mass is 32.1. The van der Waals surface area contributed by atoms with Crippen molar-refractivity contribution in [3.05, 3.63) is 46.7 Å². The number of nitrogens with one attached hydrogen (secondary N) is 1. The summed E-state index contributed by atoms with van der Waals surface area (Å²) in [7, 11) is 0. The zero-order chi connectivity index (χ0) is 15.9. The van der Waals surface area contributed by atoms with Gasteiger partial charge in [0.1, 0.15) is 10.6 Å². The van der Waals surface area contributed by atoms with Crippen LogP contribution in [-0.4, -0.2) is 24.6 Å². The molecule has 1 atom stereocenters. The van der Waals surface area contributed by atoms with Crippen LogP contribution in [0.5, 0.6) is 5.75 Å². The van der Waals surface area contributed by atoms with Crippen LogP contribution in [0.25, 0.3) is 0 Å². The van der Waals surface area contributed by atoms with E-state index >= 15 is 0 Å². The molecule has 0 saturated heterocycles. The number of esters is 1. The van der Waals surface area contributed by atoms with E-state index in [1.54, 1.807) is 41.8 Å². The van der Waals surface area contributed by atoms with Gasteiger partial charge in [0.15, 0.2) is 6.10 Å². The van der Waals surface area contributed by atoms with Gasteiger partial charge in [-0.3, -0.25) is 4.79 Å². The molecule has 1 heterocycles. The van der Waals surface area contributed by atoms with Crippen molar-refractivity contribution in [2.75, 3.05) is 11.9 Å². The minimum atomic E-state index is -0.874. The second-order valence-electron chi connectivity index (χ2n) is 4.47. The molecule has 0 unspecified atom stereocenters. The summed E-state index contributed by atoms with van der Waals surface area (Å²) in [6.07, 6.45) is -0.874. The second-order valence-corrected chi connectivity index (χ2v) is 5.42. The van der Waals surface area contributed by atoms with Crippen LogP contribution in [0.15, 0.2) is 41.8 Å². The lowest BCUT2D eigenvalue weighted by molar-refractivity contribution is -0.123. The van der Waals surface area contributed by atoms with Gasteiger partial charge in [-0.1, -0.05) is 6.07 Å². The number of thiophene rings is 1. The third-order valence-electron chi connectivity index (χ3n) is 2.81. The summed E-state index contributed by atoms with van der Waals surface area (Å²) in [5, 5.41) is 4.47. The van der Waals surface area contributed by atoms with Gasteiger partial charge in [-0.15, -0.1) is 11.3 Å². The minimum Gasteiger partial charge on any atom is -0.494 e. The highest BCUT2D eigenvalue weighted by molar-refractivity contribution is 7.11. The number of rotatable bonds is 6. The molecule has 0 saturated carbocycles. The molecule has 0 aliphatic rings. The zero-order valence-corrected chi connectivity index (χ0v) is 13.2. The van der Waals surface area contributed by atoms with E-state index in [-0.39, 0.29) is 5.91 Å². The number of hydrogen-bond acceptors (Lipinski definition) is 5. The van der Waals surface area contributed by atoms with Crippen molar-refractivity contribution in [2.45, 2.75) is 20.0 Å². The van der Waals surface area contributed by atoms with Gasteiger partial charge < -0.3 is 14.8 Å². The minimum absolute atomic E-state index is 0.380. The maximum atomic E-state index is 12.0. The molecule has 0 radical (unpaired) electrons. The van der Waals surface area contributed by atoms with Crippen LogP contribution in [0.1, 0.15) is 23.5 Å². The molecule has 1 aromatic heterocycles. The first-order valence-corrected chi connectivity index (χ1v) is 7.76. The lowest BCUT2D eigenvalue weighted by Crippen LogP contribution is -2.29. The van der Waals surface area contributed by atoms with Gasteiger partial charge >= 0.3 is 5.97 Å². The third kappa shape index (κ3) is 4.33. The van der Waals surface area contributed by atoms with E-state index in [1.165, 1.54) is 18.3 Å². The number of amides is 1. The van der Waals surface area contributed by atoms with Crippen molar-refractivity contribution < 1.29 is 19.1 Å². The monoisotopic (exact) mass is 319 g/mol. The Kier molecular flexibility index (Phi) is 5.55. The predicted octanol–water partition coefficient (Wildman–Crippen LogP) is 3.33. The van der Waals surface area contributed by atoms with Crippen LogP contribution in [-0.2, 0) is 9.53 Å². The highest BCUT2D eigenvalue weighted by Crippen LogP contribution is 2.16. The van der Waals surface area contributed by atoms with Gasteiger partial charge in [-0.25, -0.2) is 4.79 Å². The Morgan fingerprint density at radius 2 is 1.95 bits per heavy atom. The second kappa shape index (κ2) is 7.61. The fourth-order valence-corrected chi connectivity index (χ4v) is 2.32. The van der Waals surface area contributed by atoms with E-state index in [0.29, 0.717) is 17.2 Å². The molecule has 0 aliphatic heterocycles. The summed E-state index contributed by atoms with van der Waals surface area (Å²) in [6.45, 7) is 4.02. The summed E-state index contributed by atoms with van der Waals surface area (Å²) in [5.74, 6) is -0.143. The molecule has 0 fully saturated rings. The largest absolute Gasteiger partial charge is 0.494 e. The van der Waals surface area contributed by atoms with Crippen molar-refractivity contribution in [1.82, 2.24) is 0 Å². The summed E-state index contributed by atoms with van der Waals surface area (Å²) < 4.78 is 10.5. The van der Waals surface area contributed by atoms with Crippen LogP contribution < -0.4 is 10.1 Å². The topological polar surface area (TPSA) is 64.6 Å².